The zero-order valence-electron chi connectivity index (χ0n) is 13.9. The summed E-state index contributed by atoms with van der Waals surface area (Å²) < 4.78 is 0. The maximum Gasteiger partial charge on any atom is 0.262 e. The van der Waals surface area contributed by atoms with Crippen LogP contribution in [0.2, 0.25) is 0 Å². The van der Waals surface area contributed by atoms with E-state index >= 15 is 0 Å². The van der Waals surface area contributed by atoms with Gasteiger partial charge in [0, 0.05) is 31.7 Å². The smallest absolute Gasteiger partial charge is 0.262 e. The van der Waals surface area contributed by atoms with Crippen LogP contribution in [0.4, 0.5) is 5.69 Å². The van der Waals surface area contributed by atoms with Crippen LogP contribution >= 0.6 is 0 Å². The van der Waals surface area contributed by atoms with E-state index in [4.69, 9.17) is 5.73 Å². The molecule has 0 spiro atoms. The molecule has 0 bridgehead atoms. The number of likely N-dealkylation sites (N-methyl/N-ethyl adjacent to an activating group) is 1. The molecule has 1 aromatic rings. The summed E-state index contributed by atoms with van der Waals surface area (Å²) in [6, 6.07) is 4.10. The molecule has 2 aliphatic heterocycles. The number of nitrogens with zero attached hydrogens (tertiary/aromatic N) is 2. The number of hydrogen-bond donors (Lipinski definition) is 2. The minimum Gasteiger partial charge on any atom is -0.371 e. The average Bonchev–Trinajstić information content (AvgIpc) is 2.84. The van der Waals surface area contributed by atoms with Gasteiger partial charge >= 0.3 is 0 Å². The zero-order valence-corrected chi connectivity index (χ0v) is 13.9. The molecule has 0 aromatic heterocycles. The molecule has 4 amide bonds. The summed E-state index contributed by atoms with van der Waals surface area (Å²) in [7, 11) is 0. The molecule has 1 fully saturated rings. The highest BCUT2D eigenvalue weighted by Crippen LogP contribution is 2.30. The molecule has 1 atom stereocenters. The Balaban J connectivity index is 1.91. The lowest BCUT2D eigenvalue weighted by Gasteiger charge is -2.27. The van der Waals surface area contributed by atoms with E-state index < -0.39 is 23.8 Å². The summed E-state index contributed by atoms with van der Waals surface area (Å²) in [5, 5.41) is 2.18. The van der Waals surface area contributed by atoms with Gasteiger partial charge in [0.1, 0.15) is 6.04 Å². The molecule has 0 aliphatic carbocycles. The van der Waals surface area contributed by atoms with Crippen LogP contribution in [0.1, 0.15) is 40.5 Å². The van der Waals surface area contributed by atoms with Crippen molar-refractivity contribution in [3.05, 3.63) is 29.3 Å². The van der Waals surface area contributed by atoms with Crippen molar-refractivity contribution in [2.75, 3.05) is 24.5 Å². The number of carbonyl (C=O) groups is 4. The van der Waals surface area contributed by atoms with Crippen LogP contribution in [0.3, 0.4) is 0 Å². The Morgan fingerprint density at radius 1 is 1.20 bits per heavy atom. The van der Waals surface area contributed by atoms with Crippen LogP contribution in [0.5, 0.6) is 0 Å². The third kappa shape index (κ3) is 2.89. The van der Waals surface area contributed by atoms with Gasteiger partial charge in [0.25, 0.3) is 11.8 Å². The molecule has 25 heavy (non-hydrogen) atoms. The molecule has 0 saturated carbocycles. The maximum absolute atomic E-state index is 12.8. The highest BCUT2D eigenvalue weighted by atomic mass is 16.2. The van der Waals surface area contributed by atoms with Crippen molar-refractivity contribution in [1.29, 1.82) is 0 Å². The first-order valence-electron chi connectivity index (χ1n) is 8.28. The molecule has 1 saturated heterocycles. The largest absolute Gasteiger partial charge is 0.371 e. The fraction of sp³-hybridized carbons (Fsp3) is 0.412. The van der Waals surface area contributed by atoms with Gasteiger partial charge in [-0.3, -0.25) is 29.4 Å². The van der Waals surface area contributed by atoms with E-state index in [1.54, 1.807) is 18.2 Å². The van der Waals surface area contributed by atoms with Crippen molar-refractivity contribution >= 4 is 29.3 Å². The predicted octanol–water partition coefficient (Wildman–Crippen LogP) is -0.127. The summed E-state index contributed by atoms with van der Waals surface area (Å²) in [5.74, 6) is -1.99. The summed E-state index contributed by atoms with van der Waals surface area (Å²) in [6.45, 7) is 3.80. The molecule has 8 heteroatoms. The molecular weight excluding hydrogens is 324 g/mol. The normalized spacial score (nSPS) is 19.9. The van der Waals surface area contributed by atoms with Crippen LogP contribution < -0.4 is 16.0 Å². The van der Waals surface area contributed by atoms with Gasteiger partial charge < -0.3 is 10.6 Å². The van der Waals surface area contributed by atoms with E-state index in [2.05, 4.69) is 5.32 Å². The summed E-state index contributed by atoms with van der Waals surface area (Å²) in [5.41, 5.74) is 6.97. The third-order valence-corrected chi connectivity index (χ3v) is 4.57. The Kier molecular flexibility index (Phi) is 4.54. The molecule has 132 valence electrons. The number of carbonyl (C=O) groups excluding carboxylic acids is 4. The van der Waals surface area contributed by atoms with Crippen molar-refractivity contribution in [1.82, 2.24) is 10.2 Å². The number of fused-ring (bicyclic) bond motifs is 1. The first-order chi connectivity index (χ1) is 12.0. The molecule has 1 unspecified atom stereocenters. The number of nitrogens with one attached hydrogen (secondary N) is 1. The third-order valence-electron chi connectivity index (χ3n) is 4.57. The SMILES string of the molecule is CCN(CCN)c1ccc2c(c1)C(=O)N(C1CCC(=O)NC1=O)C2=O. The highest BCUT2D eigenvalue weighted by molar-refractivity contribution is 6.23. The van der Waals surface area contributed by atoms with Crippen LogP contribution in [0.15, 0.2) is 18.2 Å². The molecule has 2 heterocycles. The quantitative estimate of drug-likeness (QED) is 0.720. The van der Waals surface area contributed by atoms with E-state index in [0.29, 0.717) is 13.1 Å². The number of anilines is 1. The monoisotopic (exact) mass is 344 g/mol. The van der Waals surface area contributed by atoms with E-state index in [1.165, 1.54) is 0 Å². The lowest BCUT2D eigenvalue weighted by Crippen LogP contribution is -2.54. The summed E-state index contributed by atoms with van der Waals surface area (Å²) in [6.07, 6.45) is 0.256. The Labute approximate surface area is 144 Å². The maximum atomic E-state index is 12.8. The molecule has 3 N–H and O–H groups in total. The van der Waals surface area contributed by atoms with Gasteiger partial charge in [0.15, 0.2) is 0 Å². The number of hydrogen-bond acceptors (Lipinski definition) is 6. The van der Waals surface area contributed by atoms with Crippen molar-refractivity contribution in [2.45, 2.75) is 25.8 Å². The van der Waals surface area contributed by atoms with Gasteiger partial charge in [-0.15, -0.1) is 0 Å². The fourth-order valence-electron chi connectivity index (χ4n) is 3.28. The molecule has 0 radical (unpaired) electrons. The van der Waals surface area contributed by atoms with Gasteiger partial charge in [-0.25, -0.2) is 0 Å². The van der Waals surface area contributed by atoms with E-state index in [-0.39, 0.29) is 29.9 Å². The minimum absolute atomic E-state index is 0.106. The number of nitrogens with two attached hydrogens (primary N) is 1. The second kappa shape index (κ2) is 6.64. The van der Waals surface area contributed by atoms with Crippen LogP contribution in [-0.2, 0) is 9.59 Å². The lowest BCUT2D eigenvalue weighted by atomic mass is 10.0. The molecule has 8 nitrogen and oxygen atoms in total. The van der Waals surface area contributed by atoms with E-state index in [0.717, 1.165) is 17.1 Å². The Hall–Kier alpha value is -2.74. The van der Waals surface area contributed by atoms with Gasteiger partial charge in [-0.05, 0) is 31.5 Å². The van der Waals surface area contributed by atoms with Crippen molar-refractivity contribution in [2.24, 2.45) is 5.73 Å². The molecular formula is C17H20N4O4. The second-order valence-electron chi connectivity index (χ2n) is 6.05. The second-order valence-corrected chi connectivity index (χ2v) is 6.05. The van der Waals surface area contributed by atoms with Gasteiger partial charge in [0.2, 0.25) is 11.8 Å². The zero-order chi connectivity index (χ0) is 18.1. The van der Waals surface area contributed by atoms with E-state index in [1.807, 2.05) is 11.8 Å². The number of piperidine rings is 1. The standard InChI is InChI=1S/C17H20N4O4/c1-2-20(8-7-18)10-3-4-11-12(9-10)17(25)21(16(11)24)13-5-6-14(22)19-15(13)23/h3-4,9,13H,2,5-8,18H2,1H3,(H,19,22,23). The minimum atomic E-state index is -0.945. The van der Waals surface area contributed by atoms with Crippen molar-refractivity contribution in [3.63, 3.8) is 0 Å². The fourth-order valence-corrected chi connectivity index (χ4v) is 3.28. The Bertz CT molecular complexity index is 761. The summed E-state index contributed by atoms with van der Waals surface area (Å²) >= 11 is 0. The van der Waals surface area contributed by atoms with Gasteiger partial charge in [0.05, 0.1) is 11.1 Å². The highest BCUT2D eigenvalue weighted by Gasteiger charge is 2.44. The topological polar surface area (TPSA) is 113 Å². The molecule has 3 rings (SSSR count). The average molecular weight is 344 g/mol. The predicted molar refractivity (Wildman–Crippen MR) is 90.1 cm³/mol. The number of rotatable bonds is 5. The molecule has 2 aliphatic rings. The van der Waals surface area contributed by atoms with Crippen LogP contribution in [-0.4, -0.2) is 54.2 Å². The Morgan fingerprint density at radius 2 is 1.92 bits per heavy atom. The first kappa shape index (κ1) is 17.1. The lowest BCUT2D eigenvalue weighted by molar-refractivity contribution is -0.136. The number of benzene rings is 1. The van der Waals surface area contributed by atoms with Crippen molar-refractivity contribution in [3.8, 4) is 0 Å². The van der Waals surface area contributed by atoms with Gasteiger partial charge in [-0.1, -0.05) is 0 Å². The Morgan fingerprint density at radius 3 is 2.56 bits per heavy atom. The van der Waals surface area contributed by atoms with Crippen LogP contribution in [0.25, 0.3) is 0 Å². The van der Waals surface area contributed by atoms with Gasteiger partial charge in [-0.2, -0.15) is 0 Å². The molecule has 1 aromatic carbocycles. The number of imide groups is 2. The first-order valence-corrected chi connectivity index (χ1v) is 8.28. The summed E-state index contributed by atoms with van der Waals surface area (Å²) in [4.78, 5) is 51.7. The van der Waals surface area contributed by atoms with Crippen molar-refractivity contribution < 1.29 is 19.2 Å². The van der Waals surface area contributed by atoms with E-state index in [9.17, 15) is 19.2 Å². The van der Waals surface area contributed by atoms with Crippen LogP contribution in [0, 0.1) is 0 Å². The number of amides is 4.